The molecule has 0 amide bonds. The molecule has 2 aromatic rings. The van der Waals surface area contributed by atoms with Gasteiger partial charge in [0, 0.05) is 28.5 Å². The standard InChI is InChI=1S/C19H14N4S/c20-11-15(12-21)17(13-22)19-8-7-18(24-19)14-3-5-16(6-4-14)23-9-1-2-10-23/h3-8H,1-2,9-10H2. The summed E-state index contributed by atoms with van der Waals surface area (Å²) in [5, 5.41) is 27.2. The Morgan fingerprint density at radius 1 is 0.875 bits per heavy atom. The summed E-state index contributed by atoms with van der Waals surface area (Å²) in [5.41, 5.74) is 2.31. The first-order valence-electron chi connectivity index (χ1n) is 7.67. The minimum absolute atomic E-state index is 0.143. The highest BCUT2D eigenvalue weighted by molar-refractivity contribution is 7.16. The molecule has 1 aromatic heterocycles. The maximum atomic E-state index is 9.24. The number of hydrogen-bond acceptors (Lipinski definition) is 5. The largest absolute Gasteiger partial charge is 0.372 e. The molecule has 0 bridgehead atoms. The Morgan fingerprint density at radius 3 is 2.12 bits per heavy atom. The van der Waals surface area contributed by atoms with Crippen LogP contribution in [0.2, 0.25) is 0 Å². The van der Waals surface area contributed by atoms with Crippen molar-refractivity contribution >= 4 is 22.6 Å². The molecule has 3 rings (SSSR count). The summed E-state index contributed by atoms with van der Waals surface area (Å²) >= 11 is 1.42. The molecule has 1 saturated heterocycles. The highest BCUT2D eigenvalue weighted by atomic mass is 32.1. The number of allylic oxidation sites excluding steroid dienone is 2. The first kappa shape index (κ1) is 15.8. The maximum Gasteiger partial charge on any atom is 0.148 e. The number of nitrogens with zero attached hydrogens (tertiary/aromatic N) is 4. The van der Waals surface area contributed by atoms with Gasteiger partial charge in [-0.15, -0.1) is 11.3 Å². The number of benzene rings is 1. The van der Waals surface area contributed by atoms with E-state index >= 15 is 0 Å². The van der Waals surface area contributed by atoms with Crippen LogP contribution in [-0.4, -0.2) is 13.1 Å². The third-order valence-electron chi connectivity index (χ3n) is 4.06. The SMILES string of the molecule is N#CC(C#N)=C(C#N)c1ccc(-c2ccc(N3CCCC3)cc2)s1. The predicted octanol–water partition coefficient (Wildman–Crippen LogP) is 4.34. The van der Waals surface area contributed by atoms with Crippen molar-refractivity contribution in [3.05, 3.63) is 46.8 Å². The minimum atomic E-state index is -0.143. The quantitative estimate of drug-likeness (QED) is 0.785. The second kappa shape index (κ2) is 7.01. The van der Waals surface area contributed by atoms with Gasteiger partial charge in [-0.25, -0.2) is 0 Å². The van der Waals surface area contributed by atoms with Crippen LogP contribution in [0, 0.1) is 34.0 Å². The Hall–Kier alpha value is -3.07. The van der Waals surface area contributed by atoms with Crippen LogP contribution in [0.3, 0.4) is 0 Å². The Kier molecular flexibility index (Phi) is 4.62. The fourth-order valence-electron chi connectivity index (χ4n) is 2.81. The smallest absolute Gasteiger partial charge is 0.148 e. The third kappa shape index (κ3) is 3.01. The van der Waals surface area contributed by atoms with Crippen LogP contribution in [0.15, 0.2) is 42.0 Å². The molecule has 116 valence electrons. The van der Waals surface area contributed by atoms with Crippen molar-refractivity contribution < 1.29 is 0 Å². The summed E-state index contributed by atoms with van der Waals surface area (Å²) in [7, 11) is 0. The van der Waals surface area contributed by atoms with Gasteiger partial charge >= 0.3 is 0 Å². The van der Waals surface area contributed by atoms with Crippen molar-refractivity contribution in [1.82, 2.24) is 0 Å². The summed E-state index contributed by atoms with van der Waals surface area (Å²) in [6.45, 7) is 2.23. The minimum Gasteiger partial charge on any atom is -0.372 e. The Labute approximate surface area is 145 Å². The molecule has 24 heavy (non-hydrogen) atoms. The third-order valence-corrected chi connectivity index (χ3v) is 5.21. The molecule has 0 N–H and O–H groups in total. The zero-order chi connectivity index (χ0) is 16.9. The molecule has 1 fully saturated rings. The fourth-order valence-corrected chi connectivity index (χ4v) is 3.82. The highest BCUT2D eigenvalue weighted by Gasteiger charge is 2.14. The second-order valence-corrected chi connectivity index (χ2v) is 6.57. The van der Waals surface area contributed by atoms with E-state index in [0.29, 0.717) is 4.88 Å². The summed E-state index contributed by atoms with van der Waals surface area (Å²) in [4.78, 5) is 4.04. The molecule has 1 aliphatic heterocycles. The van der Waals surface area contributed by atoms with E-state index in [2.05, 4.69) is 29.2 Å². The number of thiophene rings is 1. The molecule has 0 spiro atoms. The van der Waals surface area contributed by atoms with Crippen LogP contribution in [0.4, 0.5) is 5.69 Å². The van der Waals surface area contributed by atoms with Gasteiger partial charge in [-0.2, -0.15) is 15.8 Å². The summed E-state index contributed by atoms with van der Waals surface area (Å²) in [6, 6.07) is 17.7. The first-order valence-corrected chi connectivity index (χ1v) is 8.48. The monoisotopic (exact) mass is 330 g/mol. The topological polar surface area (TPSA) is 74.6 Å². The van der Waals surface area contributed by atoms with Gasteiger partial charge in [0.05, 0.1) is 5.57 Å². The van der Waals surface area contributed by atoms with Crippen molar-refractivity contribution in [3.8, 4) is 28.6 Å². The number of hydrogen-bond donors (Lipinski definition) is 0. The highest BCUT2D eigenvalue weighted by Crippen LogP contribution is 2.34. The normalized spacial score (nSPS) is 13.0. The lowest BCUT2D eigenvalue weighted by Crippen LogP contribution is -2.17. The molecule has 0 radical (unpaired) electrons. The van der Waals surface area contributed by atoms with Crippen LogP contribution >= 0.6 is 11.3 Å². The molecular formula is C19H14N4S. The van der Waals surface area contributed by atoms with E-state index in [9.17, 15) is 5.26 Å². The Morgan fingerprint density at radius 2 is 1.54 bits per heavy atom. The van der Waals surface area contributed by atoms with Gasteiger partial charge < -0.3 is 4.90 Å². The summed E-state index contributed by atoms with van der Waals surface area (Å²) in [5.74, 6) is 0. The van der Waals surface area contributed by atoms with Crippen LogP contribution in [-0.2, 0) is 0 Å². The zero-order valence-electron chi connectivity index (χ0n) is 13.0. The molecule has 1 aromatic carbocycles. The first-order chi connectivity index (χ1) is 11.8. The van der Waals surface area contributed by atoms with E-state index in [0.717, 1.165) is 23.5 Å². The Bertz CT molecular complexity index is 879. The van der Waals surface area contributed by atoms with Crippen molar-refractivity contribution in [2.45, 2.75) is 12.8 Å². The second-order valence-electron chi connectivity index (χ2n) is 5.49. The average molecular weight is 330 g/mol. The van der Waals surface area contributed by atoms with Crippen LogP contribution in [0.1, 0.15) is 17.7 Å². The van der Waals surface area contributed by atoms with Crippen molar-refractivity contribution in [1.29, 1.82) is 15.8 Å². The van der Waals surface area contributed by atoms with Crippen molar-refractivity contribution in [2.24, 2.45) is 0 Å². The van der Waals surface area contributed by atoms with Gasteiger partial charge in [0.15, 0.2) is 0 Å². The molecule has 1 aliphatic rings. The van der Waals surface area contributed by atoms with E-state index in [1.165, 1.54) is 29.9 Å². The van der Waals surface area contributed by atoms with Crippen LogP contribution in [0.5, 0.6) is 0 Å². The predicted molar refractivity (Wildman–Crippen MR) is 95.0 cm³/mol. The Balaban J connectivity index is 1.89. The number of anilines is 1. The van der Waals surface area contributed by atoms with Gasteiger partial charge in [0.1, 0.15) is 23.8 Å². The molecule has 0 atom stereocenters. The van der Waals surface area contributed by atoms with Crippen LogP contribution in [0.25, 0.3) is 16.0 Å². The summed E-state index contributed by atoms with van der Waals surface area (Å²) in [6.07, 6.45) is 2.50. The van der Waals surface area contributed by atoms with E-state index in [-0.39, 0.29) is 11.1 Å². The van der Waals surface area contributed by atoms with Gasteiger partial charge in [-0.1, -0.05) is 12.1 Å². The molecule has 0 saturated carbocycles. The lowest BCUT2D eigenvalue weighted by atomic mass is 10.1. The van der Waals surface area contributed by atoms with Gasteiger partial charge in [-0.3, -0.25) is 0 Å². The van der Waals surface area contributed by atoms with Gasteiger partial charge in [0.25, 0.3) is 0 Å². The summed E-state index contributed by atoms with van der Waals surface area (Å²) < 4.78 is 0. The molecule has 2 heterocycles. The van der Waals surface area contributed by atoms with E-state index in [4.69, 9.17) is 10.5 Å². The number of nitriles is 3. The van der Waals surface area contributed by atoms with Crippen LogP contribution < -0.4 is 4.90 Å². The number of rotatable bonds is 3. The molecule has 5 heteroatoms. The maximum absolute atomic E-state index is 9.24. The zero-order valence-corrected chi connectivity index (χ0v) is 13.8. The van der Waals surface area contributed by atoms with E-state index < -0.39 is 0 Å². The van der Waals surface area contributed by atoms with Gasteiger partial charge in [-0.05, 0) is 42.7 Å². The lowest BCUT2D eigenvalue weighted by molar-refractivity contribution is 0.949. The lowest BCUT2D eigenvalue weighted by Gasteiger charge is -2.17. The average Bonchev–Trinajstić information content (AvgIpc) is 3.31. The van der Waals surface area contributed by atoms with Crippen molar-refractivity contribution in [3.63, 3.8) is 0 Å². The van der Waals surface area contributed by atoms with Crippen molar-refractivity contribution in [2.75, 3.05) is 18.0 Å². The molecule has 0 aliphatic carbocycles. The molecule has 4 nitrogen and oxygen atoms in total. The van der Waals surface area contributed by atoms with E-state index in [1.807, 2.05) is 12.1 Å². The van der Waals surface area contributed by atoms with E-state index in [1.54, 1.807) is 18.2 Å². The molecular weight excluding hydrogens is 316 g/mol. The molecule has 0 unspecified atom stereocenters. The van der Waals surface area contributed by atoms with Gasteiger partial charge in [0.2, 0.25) is 0 Å². The fraction of sp³-hybridized carbons (Fsp3) is 0.211.